The van der Waals surface area contributed by atoms with Gasteiger partial charge in [0, 0.05) is 0 Å². The van der Waals surface area contributed by atoms with Gasteiger partial charge in [0.2, 0.25) is 0 Å². The molecule has 0 aromatic heterocycles. The third kappa shape index (κ3) is 3.27. The van der Waals surface area contributed by atoms with Crippen molar-refractivity contribution in [2.75, 3.05) is 6.61 Å². The number of hydrogen-bond donors (Lipinski definition) is 2. The van der Waals surface area contributed by atoms with Crippen molar-refractivity contribution in [2.24, 2.45) is 0 Å². The van der Waals surface area contributed by atoms with Gasteiger partial charge in [0.15, 0.2) is 5.60 Å². The molecule has 1 unspecified atom stereocenters. The van der Waals surface area contributed by atoms with Crippen LogP contribution < -0.4 is 0 Å². The van der Waals surface area contributed by atoms with Crippen molar-refractivity contribution in [1.29, 1.82) is 0 Å². The van der Waals surface area contributed by atoms with E-state index < -0.39 is 41.9 Å². The summed E-state index contributed by atoms with van der Waals surface area (Å²) in [4.78, 5) is 0. The van der Waals surface area contributed by atoms with Crippen LogP contribution in [0, 0.1) is 11.6 Å². The molecular formula is C13H15F5O2. The summed E-state index contributed by atoms with van der Waals surface area (Å²) in [6.45, 7) is 0.908. The van der Waals surface area contributed by atoms with E-state index in [0.29, 0.717) is 0 Å². The maximum Gasteiger partial charge on any atom is 0.419 e. The van der Waals surface area contributed by atoms with Gasteiger partial charge in [-0.15, -0.1) is 0 Å². The van der Waals surface area contributed by atoms with Crippen LogP contribution in [0.25, 0.3) is 0 Å². The van der Waals surface area contributed by atoms with Crippen LogP contribution >= 0.6 is 0 Å². The maximum atomic E-state index is 13.6. The summed E-state index contributed by atoms with van der Waals surface area (Å²) in [6.07, 6.45) is -6.08. The van der Waals surface area contributed by atoms with E-state index in [1.165, 1.54) is 13.8 Å². The van der Waals surface area contributed by atoms with Gasteiger partial charge in [-0.2, -0.15) is 13.2 Å². The van der Waals surface area contributed by atoms with Crippen molar-refractivity contribution in [1.82, 2.24) is 0 Å². The molecule has 0 saturated heterocycles. The minimum atomic E-state index is -5.08. The highest BCUT2D eigenvalue weighted by Crippen LogP contribution is 2.41. The van der Waals surface area contributed by atoms with E-state index in [-0.39, 0.29) is 5.56 Å². The number of alkyl halides is 3. The Morgan fingerprint density at radius 3 is 2.10 bits per heavy atom. The Hall–Kier alpha value is -1.21. The molecule has 2 N–H and O–H groups in total. The fourth-order valence-corrected chi connectivity index (χ4v) is 2.09. The third-order valence-corrected chi connectivity index (χ3v) is 3.18. The fourth-order valence-electron chi connectivity index (χ4n) is 2.09. The Balaban J connectivity index is 3.20. The minimum absolute atomic E-state index is 0.298. The smallest absolute Gasteiger partial charge is 0.393 e. The van der Waals surface area contributed by atoms with Crippen LogP contribution in [0.1, 0.15) is 25.8 Å². The van der Waals surface area contributed by atoms with E-state index in [1.54, 1.807) is 0 Å². The Morgan fingerprint density at radius 1 is 1.10 bits per heavy atom. The SMILES string of the molecule is CC(C)(CC(O)(CO)C(F)(F)F)c1cc(F)ccc1F. The van der Waals surface area contributed by atoms with Crippen LogP contribution in [0.2, 0.25) is 0 Å². The fraction of sp³-hybridized carbons (Fsp3) is 0.538. The average molecular weight is 298 g/mol. The molecule has 0 aliphatic heterocycles. The summed E-state index contributed by atoms with van der Waals surface area (Å²) < 4.78 is 65.0. The van der Waals surface area contributed by atoms with Gasteiger partial charge in [0.1, 0.15) is 11.6 Å². The molecule has 0 bridgehead atoms. The van der Waals surface area contributed by atoms with Crippen molar-refractivity contribution in [2.45, 2.75) is 37.5 Å². The van der Waals surface area contributed by atoms with Crippen LogP contribution in [0.3, 0.4) is 0 Å². The number of aliphatic hydroxyl groups excluding tert-OH is 1. The predicted octanol–water partition coefficient (Wildman–Crippen LogP) is 2.92. The Kier molecular flexibility index (Phi) is 4.46. The molecule has 2 nitrogen and oxygen atoms in total. The van der Waals surface area contributed by atoms with Gasteiger partial charge >= 0.3 is 6.18 Å². The van der Waals surface area contributed by atoms with E-state index in [9.17, 15) is 27.1 Å². The zero-order valence-corrected chi connectivity index (χ0v) is 10.9. The predicted molar refractivity (Wildman–Crippen MR) is 62.1 cm³/mol. The van der Waals surface area contributed by atoms with Crippen LogP contribution in [0.5, 0.6) is 0 Å². The first kappa shape index (κ1) is 16.8. The summed E-state index contributed by atoms with van der Waals surface area (Å²) in [6, 6.07) is 2.43. The lowest BCUT2D eigenvalue weighted by molar-refractivity contribution is -0.277. The molecule has 0 amide bonds. The van der Waals surface area contributed by atoms with Gasteiger partial charge < -0.3 is 10.2 Å². The van der Waals surface area contributed by atoms with E-state index in [0.717, 1.165) is 18.2 Å². The largest absolute Gasteiger partial charge is 0.419 e. The number of rotatable bonds is 4. The summed E-state index contributed by atoms with van der Waals surface area (Å²) in [5.41, 5.74) is -5.21. The van der Waals surface area contributed by atoms with E-state index in [4.69, 9.17) is 5.11 Å². The molecular weight excluding hydrogens is 283 g/mol. The third-order valence-electron chi connectivity index (χ3n) is 3.18. The Bertz CT molecular complexity index is 484. The molecule has 114 valence electrons. The normalized spacial score (nSPS) is 16.1. The monoisotopic (exact) mass is 298 g/mol. The highest BCUT2D eigenvalue weighted by Gasteiger charge is 2.55. The van der Waals surface area contributed by atoms with Gasteiger partial charge in [0.25, 0.3) is 0 Å². The standard InChI is InChI=1S/C13H15F5O2/c1-11(2,6-12(20,7-19)13(16,17)18)9-5-8(14)3-4-10(9)15/h3-5,19-20H,6-7H2,1-2H3. The van der Waals surface area contributed by atoms with Crippen molar-refractivity contribution in [3.05, 3.63) is 35.4 Å². The van der Waals surface area contributed by atoms with Gasteiger partial charge in [-0.25, -0.2) is 8.78 Å². The minimum Gasteiger partial charge on any atom is -0.393 e. The summed E-state index contributed by atoms with van der Waals surface area (Å²) in [7, 11) is 0. The van der Waals surface area contributed by atoms with E-state index in [2.05, 4.69) is 0 Å². The van der Waals surface area contributed by atoms with Gasteiger partial charge in [-0.3, -0.25) is 0 Å². The second kappa shape index (κ2) is 5.29. The Morgan fingerprint density at radius 2 is 1.65 bits per heavy atom. The maximum absolute atomic E-state index is 13.6. The first-order chi connectivity index (χ1) is 8.93. The highest BCUT2D eigenvalue weighted by molar-refractivity contribution is 5.27. The lowest BCUT2D eigenvalue weighted by Crippen LogP contribution is -2.52. The molecule has 7 heteroatoms. The highest BCUT2D eigenvalue weighted by atomic mass is 19.4. The van der Waals surface area contributed by atoms with Crippen molar-refractivity contribution >= 4 is 0 Å². The van der Waals surface area contributed by atoms with E-state index in [1.807, 2.05) is 0 Å². The van der Waals surface area contributed by atoms with Gasteiger partial charge in [0.05, 0.1) is 6.61 Å². The Labute approximate surface area is 112 Å². The zero-order valence-electron chi connectivity index (χ0n) is 10.9. The van der Waals surface area contributed by atoms with Crippen molar-refractivity contribution in [3.8, 4) is 0 Å². The van der Waals surface area contributed by atoms with Crippen molar-refractivity contribution in [3.63, 3.8) is 0 Å². The van der Waals surface area contributed by atoms with Gasteiger partial charge in [-0.05, 0) is 35.6 Å². The molecule has 0 heterocycles. The van der Waals surface area contributed by atoms with Gasteiger partial charge in [-0.1, -0.05) is 13.8 Å². The molecule has 0 aliphatic carbocycles. The molecule has 0 saturated carbocycles. The number of benzene rings is 1. The number of halogens is 5. The summed E-state index contributed by atoms with van der Waals surface area (Å²) >= 11 is 0. The average Bonchev–Trinajstić information content (AvgIpc) is 2.30. The lowest BCUT2D eigenvalue weighted by Gasteiger charge is -2.36. The van der Waals surface area contributed by atoms with E-state index >= 15 is 0 Å². The second-order valence-electron chi connectivity index (χ2n) is 5.37. The zero-order chi connectivity index (χ0) is 15.8. The van der Waals surface area contributed by atoms with Crippen molar-refractivity contribution < 1.29 is 32.2 Å². The number of hydrogen-bond acceptors (Lipinski definition) is 2. The molecule has 0 aliphatic rings. The van der Waals surface area contributed by atoms with Crippen LogP contribution in [-0.2, 0) is 5.41 Å². The molecule has 1 atom stereocenters. The molecule has 1 aromatic rings. The first-order valence-corrected chi connectivity index (χ1v) is 5.78. The molecule has 0 spiro atoms. The molecule has 0 fully saturated rings. The molecule has 20 heavy (non-hydrogen) atoms. The summed E-state index contributed by atoms with van der Waals surface area (Å²) in [5.74, 6) is -1.67. The molecule has 1 aromatic carbocycles. The summed E-state index contributed by atoms with van der Waals surface area (Å²) in [5, 5.41) is 18.3. The number of aliphatic hydroxyl groups is 2. The van der Waals surface area contributed by atoms with Crippen LogP contribution in [0.15, 0.2) is 18.2 Å². The molecule has 1 rings (SSSR count). The topological polar surface area (TPSA) is 40.5 Å². The van der Waals surface area contributed by atoms with Crippen LogP contribution in [0.4, 0.5) is 22.0 Å². The second-order valence-corrected chi connectivity index (χ2v) is 5.37. The first-order valence-electron chi connectivity index (χ1n) is 5.78. The molecule has 0 radical (unpaired) electrons. The van der Waals surface area contributed by atoms with Crippen LogP contribution in [-0.4, -0.2) is 28.6 Å². The quantitative estimate of drug-likeness (QED) is 0.839. The lowest BCUT2D eigenvalue weighted by atomic mass is 9.75.